The Kier molecular flexibility index (Phi) is 4.11. The van der Waals surface area contributed by atoms with Crippen molar-refractivity contribution in [3.8, 4) is 11.5 Å². The summed E-state index contributed by atoms with van der Waals surface area (Å²) in [6, 6.07) is 5.70. The number of oxazole rings is 1. The molecule has 26 heavy (non-hydrogen) atoms. The second kappa shape index (κ2) is 6.32. The molecule has 7 nitrogen and oxygen atoms in total. The molecule has 2 atom stereocenters. The molecular formula is C19H22N2O5. The number of ether oxygens (including phenoxy) is 2. The fourth-order valence-corrected chi connectivity index (χ4v) is 4.03. The zero-order valence-electron chi connectivity index (χ0n) is 14.9. The number of aryl methyl sites for hydroxylation is 1. The van der Waals surface area contributed by atoms with E-state index in [-0.39, 0.29) is 18.4 Å². The zero-order chi connectivity index (χ0) is 18.3. The number of benzene rings is 1. The van der Waals surface area contributed by atoms with Gasteiger partial charge in [-0.3, -0.25) is 4.79 Å². The van der Waals surface area contributed by atoms with E-state index in [0.717, 1.165) is 17.1 Å². The quantitative estimate of drug-likeness (QED) is 0.898. The maximum absolute atomic E-state index is 13.0. The number of hydrogen-bond donors (Lipinski definition) is 1. The Labute approximate surface area is 151 Å². The van der Waals surface area contributed by atoms with E-state index >= 15 is 0 Å². The number of fused-ring (bicyclic) bond motifs is 3. The first kappa shape index (κ1) is 16.9. The predicted octanol–water partition coefficient (Wildman–Crippen LogP) is 1.86. The van der Waals surface area contributed by atoms with Gasteiger partial charge in [0.2, 0.25) is 0 Å². The molecule has 3 heterocycles. The minimum absolute atomic E-state index is 0.00286. The maximum Gasteiger partial charge on any atom is 0.276 e. The van der Waals surface area contributed by atoms with E-state index in [1.807, 2.05) is 25.1 Å². The molecule has 1 aromatic carbocycles. The normalized spacial score (nSPS) is 24.0. The lowest BCUT2D eigenvalue weighted by Crippen LogP contribution is -2.42. The zero-order valence-corrected chi connectivity index (χ0v) is 14.9. The van der Waals surface area contributed by atoms with Crippen molar-refractivity contribution in [1.82, 2.24) is 9.88 Å². The highest BCUT2D eigenvalue weighted by Gasteiger charge is 2.52. The van der Waals surface area contributed by atoms with Gasteiger partial charge >= 0.3 is 0 Å². The average molecular weight is 358 g/mol. The van der Waals surface area contributed by atoms with Gasteiger partial charge in [-0.1, -0.05) is 13.0 Å². The van der Waals surface area contributed by atoms with E-state index in [1.165, 1.54) is 6.39 Å². The van der Waals surface area contributed by atoms with Gasteiger partial charge in [0, 0.05) is 37.1 Å². The molecule has 1 saturated heterocycles. The van der Waals surface area contributed by atoms with Crippen LogP contribution in [0.3, 0.4) is 0 Å². The average Bonchev–Trinajstić information content (AvgIpc) is 3.31. The lowest BCUT2D eigenvalue weighted by molar-refractivity contribution is 0.0438. The Morgan fingerprint density at radius 3 is 3.08 bits per heavy atom. The summed E-state index contributed by atoms with van der Waals surface area (Å²) >= 11 is 0. The van der Waals surface area contributed by atoms with Gasteiger partial charge in [0.05, 0.1) is 25.7 Å². The SMILES string of the molecule is CCc1ocnc1C(=O)N1C[C@H]2c3ccc(OC)cc3OC[C@@]2(CO)C1. The van der Waals surface area contributed by atoms with Gasteiger partial charge in [-0.15, -0.1) is 0 Å². The smallest absolute Gasteiger partial charge is 0.276 e. The molecule has 1 N–H and O–H groups in total. The van der Waals surface area contributed by atoms with Crippen LogP contribution < -0.4 is 9.47 Å². The Balaban J connectivity index is 1.66. The molecule has 7 heteroatoms. The Bertz CT molecular complexity index is 833. The topological polar surface area (TPSA) is 85.0 Å². The van der Waals surface area contributed by atoms with E-state index in [0.29, 0.717) is 37.6 Å². The van der Waals surface area contributed by atoms with E-state index < -0.39 is 5.41 Å². The van der Waals surface area contributed by atoms with Crippen molar-refractivity contribution in [1.29, 1.82) is 0 Å². The van der Waals surface area contributed by atoms with Gasteiger partial charge in [0.25, 0.3) is 5.91 Å². The highest BCUT2D eigenvalue weighted by molar-refractivity contribution is 5.93. The molecule has 138 valence electrons. The van der Waals surface area contributed by atoms with Gasteiger partial charge < -0.3 is 23.9 Å². The number of aliphatic hydroxyl groups excluding tert-OH is 1. The number of carbonyl (C=O) groups is 1. The molecule has 2 aliphatic heterocycles. The van der Waals surface area contributed by atoms with E-state index in [2.05, 4.69) is 4.98 Å². The summed E-state index contributed by atoms with van der Waals surface area (Å²) in [5.74, 6) is 1.91. The van der Waals surface area contributed by atoms with Gasteiger partial charge in [-0.2, -0.15) is 0 Å². The number of nitrogens with zero attached hydrogens (tertiary/aromatic N) is 2. The van der Waals surface area contributed by atoms with E-state index in [4.69, 9.17) is 13.9 Å². The Morgan fingerprint density at radius 2 is 2.35 bits per heavy atom. The molecule has 4 rings (SSSR count). The van der Waals surface area contributed by atoms with Crippen LogP contribution in [0.25, 0.3) is 0 Å². The highest BCUT2D eigenvalue weighted by Crippen LogP contribution is 2.50. The van der Waals surface area contributed by atoms with E-state index in [9.17, 15) is 9.90 Å². The first-order chi connectivity index (χ1) is 12.6. The second-order valence-electron chi connectivity index (χ2n) is 6.93. The Hall–Kier alpha value is -2.54. The lowest BCUT2D eigenvalue weighted by atomic mass is 9.74. The molecule has 0 radical (unpaired) electrons. The molecule has 2 aromatic rings. The van der Waals surface area contributed by atoms with Gasteiger partial charge in [-0.05, 0) is 6.07 Å². The van der Waals surface area contributed by atoms with Crippen LogP contribution in [-0.2, 0) is 6.42 Å². The molecule has 0 unspecified atom stereocenters. The summed E-state index contributed by atoms with van der Waals surface area (Å²) in [4.78, 5) is 18.8. The van der Waals surface area contributed by atoms with Crippen molar-refractivity contribution in [2.45, 2.75) is 19.3 Å². The third kappa shape index (κ3) is 2.46. The van der Waals surface area contributed by atoms with Crippen molar-refractivity contribution in [2.75, 3.05) is 33.4 Å². The second-order valence-corrected chi connectivity index (χ2v) is 6.93. The fraction of sp³-hybridized carbons (Fsp3) is 0.474. The van der Waals surface area contributed by atoms with Crippen LogP contribution >= 0.6 is 0 Å². The van der Waals surface area contributed by atoms with Crippen LogP contribution in [-0.4, -0.2) is 54.3 Å². The molecule has 0 saturated carbocycles. The van der Waals surface area contributed by atoms with Crippen LogP contribution in [0.2, 0.25) is 0 Å². The number of methoxy groups -OCH3 is 1. The number of aliphatic hydroxyl groups is 1. The number of aromatic nitrogens is 1. The third-order valence-electron chi connectivity index (χ3n) is 5.53. The van der Waals surface area contributed by atoms with Gasteiger partial charge in [-0.25, -0.2) is 4.98 Å². The summed E-state index contributed by atoms with van der Waals surface area (Å²) < 4.78 is 16.5. The van der Waals surface area contributed by atoms with Crippen molar-refractivity contribution >= 4 is 5.91 Å². The van der Waals surface area contributed by atoms with Crippen molar-refractivity contribution in [2.24, 2.45) is 5.41 Å². The standard InChI is InChI=1S/C19H22N2O5/c1-3-15-17(20-11-26-15)18(23)21-7-14-13-5-4-12(24-2)6-16(13)25-10-19(14,8-21)9-22/h4-6,11,14,22H,3,7-10H2,1-2H3/t14-,19-/m0/s1. The fourth-order valence-electron chi connectivity index (χ4n) is 4.03. The number of rotatable bonds is 4. The van der Waals surface area contributed by atoms with Crippen LogP contribution in [0.5, 0.6) is 11.5 Å². The number of carbonyl (C=O) groups excluding carboxylic acids is 1. The number of likely N-dealkylation sites (tertiary alicyclic amines) is 1. The molecular weight excluding hydrogens is 336 g/mol. The van der Waals surface area contributed by atoms with Crippen LogP contribution in [0.15, 0.2) is 29.0 Å². The molecule has 0 spiro atoms. The predicted molar refractivity (Wildman–Crippen MR) is 92.5 cm³/mol. The lowest BCUT2D eigenvalue weighted by Gasteiger charge is -2.37. The molecule has 2 aliphatic rings. The van der Waals surface area contributed by atoms with E-state index in [1.54, 1.807) is 12.0 Å². The van der Waals surface area contributed by atoms with Gasteiger partial charge in [0.1, 0.15) is 17.3 Å². The van der Waals surface area contributed by atoms with Crippen LogP contribution in [0.1, 0.15) is 34.7 Å². The first-order valence-corrected chi connectivity index (χ1v) is 8.75. The molecule has 1 amide bonds. The third-order valence-corrected chi connectivity index (χ3v) is 5.53. The monoisotopic (exact) mass is 358 g/mol. The summed E-state index contributed by atoms with van der Waals surface area (Å²) in [7, 11) is 1.61. The Morgan fingerprint density at radius 1 is 1.50 bits per heavy atom. The molecule has 0 bridgehead atoms. The van der Waals surface area contributed by atoms with Gasteiger partial charge in [0.15, 0.2) is 12.1 Å². The molecule has 1 aromatic heterocycles. The minimum atomic E-state index is -0.507. The van der Waals surface area contributed by atoms with Crippen molar-refractivity contribution < 1.29 is 23.8 Å². The largest absolute Gasteiger partial charge is 0.497 e. The first-order valence-electron chi connectivity index (χ1n) is 8.75. The number of amides is 1. The minimum Gasteiger partial charge on any atom is -0.497 e. The highest BCUT2D eigenvalue weighted by atomic mass is 16.5. The van der Waals surface area contributed by atoms with Crippen molar-refractivity contribution in [3.05, 3.63) is 41.6 Å². The maximum atomic E-state index is 13.0. The summed E-state index contributed by atoms with van der Waals surface area (Å²) in [6.45, 7) is 3.17. The van der Waals surface area contributed by atoms with Crippen LogP contribution in [0.4, 0.5) is 0 Å². The van der Waals surface area contributed by atoms with Crippen molar-refractivity contribution in [3.63, 3.8) is 0 Å². The summed E-state index contributed by atoms with van der Waals surface area (Å²) in [6.07, 6.45) is 1.91. The summed E-state index contributed by atoms with van der Waals surface area (Å²) in [5, 5.41) is 10.1. The van der Waals surface area contributed by atoms with Crippen LogP contribution in [0, 0.1) is 5.41 Å². The number of hydrogen-bond acceptors (Lipinski definition) is 6. The molecule has 0 aliphatic carbocycles. The summed E-state index contributed by atoms with van der Waals surface area (Å²) in [5.41, 5.74) is 0.847. The molecule has 1 fully saturated rings.